The molecule has 2 fully saturated rings. The minimum atomic E-state index is -0.821. The summed E-state index contributed by atoms with van der Waals surface area (Å²) in [5, 5.41) is 0. The van der Waals surface area contributed by atoms with Crippen LogP contribution in [0, 0.1) is 0 Å². The van der Waals surface area contributed by atoms with E-state index in [1.54, 1.807) is 0 Å². The number of carbonyl (C=O) groups excluding carboxylic acids is 3. The molecule has 0 radical (unpaired) electrons. The number of anilines is 2. The van der Waals surface area contributed by atoms with Gasteiger partial charge in [-0.05, 0) is 12.8 Å². The Labute approximate surface area is 296 Å². The molecular weight excluding hydrogens is 716 g/mol. The van der Waals surface area contributed by atoms with Gasteiger partial charge in [0.25, 0.3) is 11.1 Å². The van der Waals surface area contributed by atoms with Crippen LogP contribution in [0.15, 0.2) is 19.2 Å². The normalized spacial score (nSPS) is 22.2. The number of H-pyrrole nitrogens is 3. The molecule has 6 atom stereocenters. The van der Waals surface area contributed by atoms with Gasteiger partial charge >= 0.3 is 27.7 Å². The van der Waals surface area contributed by atoms with Crippen molar-refractivity contribution >= 4 is 73.2 Å². The number of thiazole rings is 2. The number of hydrogen-bond donors (Lipinski definition) is 5. The third kappa shape index (κ3) is 10.1. The first kappa shape index (κ1) is 40.5. The highest BCUT2D eigenvalue weighted by Crippen LogP contribution is 2.34. The van der Waals surface area contributed by atoms with Crippen LogP contribution >= 0.6 is 22.7 Å². The molecule has 20 nitrogen and oxygen atoms in total. The van der Waals surface area contributed by atoms with Crippen LogP contribution < -0.4 is 32.3 Å². The second-order valence-corrected chi connectivity index (χ2v) is 12.9. The second-order valence-electron chi connectivity index (χ2n) is 11.0. The topological polar surface area (TPSA) is 296 Å². The molecule has 0 bridgehead atoms. The number of nitrogen functional groups attached to an aromatic ring is 2. The number of aromatic amines is 3. The molecule has 0 amide bonds. The van der Waals surface area contributed by atoms with Crippen LogP contribution in [0.2, 0.25) is 0 Å². The van der Waals surface area contributed by atoms with Gasteiger partial charge in [0, 0.05) is 33.6 Å². The number of fused-ring (bicyclic) bond motifs is 2. The summed E-state index contributed by atoms with van der Waals surface area (Å²) in [7, 11) is 0. The molecule has 2 aliphatic rings. The lowest BCUT2D eigenvalue weighted by Crippen LogP contribution is -2.30. The summed E-state index contributed by atoms with van der Waals surface area (Å²) >= 11 is 1.57. The van der Waals surface area contributed by atoms with Crippen molar-refractivity contribution in [2.75, 3.05) is 11.5 Å². The van der Waals surface area contributed by atoms with Gasteiger partial charge in [0.05, 0.1) is 12.2 Å². The van der Waals surface area contributed by atoms with Crippen molar-refractivity contribution in [3.05, 3.63) is 40.0 Å². The third-order valence-electron chi connectivity index (χ3n) is 7.15. The Morgan fingerprint density at radius 2 is 1.31 bits per heavy atom. The number of nitrogens with zero attached hydrogens (tertiary/aromatic N) is 3. The van der Waals surface area contributed by atoms with E-state index in [4.69, 9.17) is 35.2 Å². The lowest BCUT2D eigenvalue weighted by Gasteiger charge is -2.19. The zero-order chi connectivity index (χ0) is 36.9. The van der Waals surface area contributed by atoms with Crippen LogP contribution in [0.4, 0.5) is 11.9 Å². The fourth-order valence-corrected chi connectivity index (χ4v) is 6.63. The highest BCUT2D eigenvalue weighted by molar-refractivity contribution is 7.16. The van der Waals surface area contributed by atoms with Crippen molar-refractivity contribution in [2.24, 2.45) is 0 Å². The van der Waals surface area contributed by atoms with Crippen LogP contribution in [-0.4, -0.2) is 78.1 Å². The average Bonchev–Trinajstić information content (AvgIpc) is 3.77. The van der Waals surface area contributed by atoms with Gasteiger partial charge in [0.2, 0.25) is 18.2 Å². The maximum absolute atomic E-state index is 12.3. The summed E-state index contributed by atoms with van der Waals surface area (Å²) in [5.74, 6) is -1.38. The molecule has 6 rings (SSSR count). The first-order valence-corrected chi connectivity index (χ1v) is 16.8. The Morgan fingerprint density at radius 3 is 1.90 bits per heavy atom. The minimum absolute atomic E-state index is 0. The molecule has 280 valence electrons. The van der Waals surface area contributed by atoms with Crippen LogP contribution in [0.3, 0.4) is 0 Å². The van der Waals surface area contributed by atoms with Crippen molar-refractivity contribution in [1.82, 2.24) is 29.5 Å². The van der Waals surface area contributed by atoms with Crippen LogP contribution in [0.1, 0.15) is 74.0 Å². The molecule has 0 aliphatic carbocycles. The zero-order valence-electron chi connectivity index (χ0n) is 27.5. The highest BCUT2D eigenvalue weighted by Gasteiger charge is 2.40. The number of ether oxygens (including phenoxy) is 5. The van der Waals surface area contributed by atoms with E-state index in [9.17, 15) is 33.6 Å². The molecule has 6 heterocycles. The Hall–Kier alpha value is -4.93. The van der Waals surface area contributed by atoms with Gasteiger partial charge in [-0.15, -0.1) is 0 Å². The van der Waals surface area contributed by atoms with Gasteiger partial charge < -0.3 is 35.2 Å². The fraction of sp³-hybridized carbons (Fsp3) is 0.552. The number of hydrogen-bond acceptors (Lipinski definition) is 18. The van der Waals surface area contributed by atoms with Gasteiger partial charge in [0.15, 0.2) is 23.6 Å². The van der Waals surface area contributed by atoms with E-state index >= 15 is 0 Å². The molecule has 0 aromatic carbocycles. The number of nitrogens with two attached hydrogens (primary N) is 2. The van der Waals surface area contributed by atoms with E-state index in [2.05, 4.69) is 24.9 Å². The molecule has 4 aromatic rings. The fourth-order valence-electron chi connectivity index (χ4n) is 5.12. The van der Waals surface area contributed by atoms with E-state index in [1.807, 2.05) is 13.8 Å². The van der Waals surface area contributed by atoms with Crippen molar-refractivity contribution in [2.45, 2.75) is 105 Å². The number of nitrogens with one attached hydrogen (secondary N) is 3. The van der Waals surface area contributed by atoms with Gasteiger partial charge in [-0.25, -0.2) is 0 Å². The molecule has 2 saturated heterocycles. The first-order chi connectivity index (χ1) is 23.6. The summed E-state index contributed by atoms with van der Waals surface area (Å²) in [4.78, 5) is 93.1. The van der Waals surface area contributed by atoms with Crippen molar-refractivity contribution in [1.29, 1.82) is 0 Å². The third-order valence-corrected chi connectivity index (χ3v) is 8.97. The van der Waals surface area contributed by atoms with Gasteiger partial charge in [-0.2, -0.15) is 9.97 Å². The standard InChI is InChI=1S/C13H16N4O5S.C10H16O5.C5H4N4O2S.CH4/c1-3-6-4-7(21-5(2)18)11(22-6)17-9-8(23-13(17)20)10(19)16-12(14)15-9;1-4-8-5-9(13-6(2)11)10(15-8)14-7(3)12;6-4-7-2-1(3(10)9-4)12-5(11)8-2;/h6-7,11H,3-4H2,1-2H3,(H3,14,15,16,19);8-10H,4-5H2,1-3H3;(H4,6,7,8,9,10,11);1H4/t6-,7-,11-;8-,9-,10-;;/m11../s1. The Balaban J connectivity index is 0.000000218. The molecule has 0 unspecified atom stereocenters. The zero-order valence-corrected chi connectivity index (χ0v) is 29.1. The molecule has 4 aromatic heterocycles. The largest absolute Gasteiger partial charge is 0.458 e. The van der Waals surface area contributed by atoms with E-state index in [-0.39, 0.29) is 62.7 Å². The SMILES string of the molecule is C.CC[C@@H]1C[C@@H](OC(C)=O)[C@H](OC(C)=O)O1.CC[C@@H]1C[C@@H](OC(C)=O)[C@H](n2c(=O)sc3c(=O)[nH]c(N)nc32)O1.Nc1nc2[nH]c(=O)sc2c(=O)[nH]1. The molecular formula is C29H40N8O12S2. The summed E-state index contributed by atoms with van der Waals surface area (Å²) in [6.07, 6.45) is -0.264. The molecule has 7 N–H and O–H groups in total. The summed E-state index contributed by atoms with van der Waals surface area (Å²) in [6.45, 7) is 7.82. The summed E-state index contributed by atoms with van der Waals surface area (Å²) in [5.41, 5.74) is 10.3. The Kier molecular flexibility index (Phi) is 13.8. The maximum Gasteiger partial charge on any atom is 0.311 e. The predicted molar refractivity (Wildman–Crippen MR) is 186 cm³/mol. The van der Waals surface area contributed by atoms with Gasteiger partial charge in [-0.3, -0.25) is 53.1 Å². The minimum Gasteiger partial charge on any atom is -0.458 e. The number of carbonyl (C=O) groups is 3. The molecule has 22 heteroatoms. The number of aromatic nitrogens is 6. The highest BCUT2D eigenvalue weighted by atomic mass is 32.1. The molecule has 0 spiro atoms. The predicted octanol–water partition coefficient (Wildman–Crippen LogP) is 1.26. The quantitative estimate of drug-likeness (QED) is 0.137. The number of esters is 3. The Bertz CT molecular complexity index is 2080. The lowest BCUT2D eigenvalue weighted by atomic mass is 10.1. The van der Waals surface area contributed by atoms with Crippen LogP contribution in [0.5, 0.6) is 0 Å². The first-order valence-electron chi connectivity index (χ1n) is 15.2. The van der Waals surface area contributed by atoms with E-state index in [0.29, 0.717) is 19.3 Å². The average molecular weight is 757 g/mol. The molecule has 2 aliphatic heterocycles. The lowest BCUT2D eigenvalue weighted by molar-refractivity contribution is -0.194. The van der Waals surface area contributed by atoms with Crippen LogP contribution in [0.25, 0.3) is 20.7 Å². The van der Waals surface area contributed by atoms with E-state index in [0.717, 1.165) is 29.1 Å². The van der Waals surface area contributed by atoms with E-state index in [1.165, 1.54) is 25.3 Å². The summed E-state index contributed by atoms with van der Waals surface area (Å²) < 4.78 is 28.1. The smallest absolute Gasteiger partial charge is 0.311 e. The van der Waals surface area contributed by atoms with Crippen molar-refractivity contribution in [3.8, 4) is 0 Å². The maximum atomic E-state index is 12.3. The van der Waals surface area contributed by atoms with Crippen LogP contribution in [-0.2, 0) is 38.1 Å². The summed E-state index contributed by atoms with van der Waals surface area (Å²) in [6, 6.07) is 0. The Morgan fingerprint density at radius 1 is 0.784 bits per heavy atom. The van der Waals surface area contributed by atoms with Gasteiger partial charge in [0.1, 0.15) is 15.5 Å². The second kappa shape index (κ2) is 17.3. The van der Waals surface area contributed by atoms with Crippen molar-refractivity contribution in [3.63, 3.8) is 0 Å². The monoisotopic (exact) mass is 756 g/mol. The van der Waals surface area contributed by atoms with Gasteiger partial charge in [-0.1, -0.05) is 43.9 Å². The van der Waals surface area contributed by atoms with Crippen molar-refractivity contribution < 1.29 is 38.1 Å². The molecule has 0 saturated carbocycles. The number of rotatable bonds is 6. The van der Waals surface area contributed by atoms with E-state index < -0.39 is 53.1 Å². The molecule has 51 heavy (non-hydrogen) atoms.